The lowest BCUT2D eigenvalue weighted by Crippen LogP contribution is -2.07. The van der Waals surface area contributed by atoms with Crippen LogP contribution in [0.1, 0.15) is 21.7 Å². The number of carboxylic acids is 1. The number of nitrogens with zero attached hydrogens (tertiary/aromatic N) is 3. The van der Waals surface area contributed by atoms with Crippen LogP contribution >= 0.6 is 0 Å². The average molecular weight is 243 g/mol. The molecule has 0 fully saturated rings. The largest absolute Gasteiger partial charge is 0.476 e. The van der Waals surface area contributed by atoms with Crippen molar-refractivity contribution in [2.75, 3.05) is 0 Å². The highest BCUT2D eigenvalue weighted by atomic mass is 16.5. The lowest BCUT2D eigenvalue weighted by atomic mass is 10.1. The monoisotopic (exact) mass is 243 g/mol. The quantitative estimate of drug-likeness (QED) is 0.781. The van der Waals surface area contributed by atoms with Crippen LogP contribution in [0.3, 0.4) is 0 Å². The standard InChI is InChI=1S/C12H9N3O3/c1-7-10(12(16)17)15(18)11(14-7)9-4-2-3-8(5-9)6-13/h2-5,18H,1H3,(H,16,17). The van der Waals surface area contributed by atoms with Gasteiger partial charge in [0, 0.05) is 5.56 Å². The van der Waals surface area contributed by atoms with E-state index in [2.05, 4.69) is 4.98 Å². The third-order valence-corrected chi connectivity index (χ3v) is 2.48. The summed E-state index contributed by atoms with van der Waals surface area (Å²) in [5.41, 5.74) is 0.812. The van der Waals surface area contributed by atoms with Crippen molar-refractivity contribution in [1.82, 2.24) is 9.71 Å². The number of aromatic nitrogens is 2. The zero-order chi connectivity index (χ0) is 13.3. The fourth-order valence-electron chi connectivity index (χ4n) is 1.68. The number of benzene rings is 1. The summed E-state index contributed by atoms with van der Waals surface area (Å²) in [5.74, 6) is -1.16. The average Bonchev–Trinajstić information content (AvgIpc) is 2.65. The molecule has 0 aliphatic carbocycles. The predicted octanol–water partition coefficient (Wildman–Crippen LogP) is 1.67. The van der Waals surface area contributed by atoms with Gasteiger partial charge in [0.25, 0.3) is 0 Å². The minimum atomic E-state index is -1.26. The van der Waals surface area contributed by atoms with Gasteiger partial charge in [-0.25, -0.2) is 9.78 Å². The van der Waals surface area contributed by atoms with E-state index in [-0.39, 0.29) is 17.2 Å². The molecule has 0 spiro atoms. The Kier molecular flexibility index (Phi) is 2.73. The third kappa shape index (κ3) is 1.78. The molecule has 2 aromatic rings. The Labute approximate surface area is 102 Å². The Morgan fingerprint density at radius 3 is 2.78 bits per heavy atom. The molecule has 0 aliphatic rings. The van der Waals surface area contributed by atoms with E-state index in [4.69, 9.17) is 10.4 Å². The molecular formula is C12H9N3O3. The molecule has 0 bridgehead atoms. The van der Waals surface area contributed by atoms with Crippen molar-refractivity contribution >= 4 is 5.97 Å². The van der Waals surface area contributed by atoms with Gasteiger partial charge < -0.3 is 10.3 Å². The van der Waals surface area contributed by atoms with Gasteiger partial charge in [0.05, 0.1) is 17.3 Å². The van der Waals surface area contributed by atoms with Crippen LogP contribution < -0.4 is 0 Å². The first-order valence-corrected chi connectivity index (χ1v) is 5.07. The molecule has 0 aliphatic heterocycles. The van der Waals surface area contributed by atoms with Crippen molar-refractivity contribution in [3.63, 3.8) is 0 Å². The van der Waals surface area contributed by atoms with Crippen LogP contribution in [0, 0.1) is 18.3 Å². The predicted molar refractivity (Wildman–Crippen MR) is 61.3 cm³/mol. The summed E-state index contributed by atoms with van der Waals surface area (Å²) in [7, 11) is 0. The molecule has 0 radical (unpaired) electrons. The Balaban J connectivity index is 2.62. The summed E-state index contributed by atoms with van der Waals surface area (Å²) in [6.45, 7) is 1.49. The highest BCUT2D eigenvalue weighted by molar-refractivity contribution is 5.88. The maximum Gasteiger partial charge on any atom is 0.357 e. The van der Waals surface area contributed by atoms with Crippen LogP contribution in [0.15, 0.2) is 24.3 Å². The number of aromatic carboxylic acids is 1. The van der Waals surface area contributed by atoms with Crippen molar-refractivity contribution in [3.05, 3.63) is 41.2 Å². The Hall–Kier alpha value is -2.81. The lowest BCUT2D eigenvalue weighted by Gasteiger charge is -2.01. The molecule has 1 heterocycles. The normalized spacial score (nSPS) is 10.0. The van der Waals surface area contributed by atoms with Crippen LogP contribution in [0.2, 0.25) is 0 Å². The van der Waals surface area contributed by atoms with Gasteiger partial charge in [0.1, 0.15) is 0 Å². The van der Waals surface area contributed by atoms with Crippen LogP contribution in [-0.4, -0.2) is 26.0 Å². The summed E-state index contributed by atoms with van der Waals surface area (Å²) in [4.78, 5) is 14.9. The second-order valence-corrected chi connectivity index (χ2v) is 3.68. The van der Waals surface area contributed by atoms with Gasteiger partial charge >= 0.3 is 5.97 Å². The van der Waals surface area contributed by atoms with Crippen molar-refractivity contribution in [2.45, 2.75) is 6.92 Å². The summed E-state index contributed by atoms with van der Waals surface area (Å²) in [5, 5.41) is 27.5. The molecule has 90 valence electrons. The maximum absolute atomic E-state index is 10.9. The fourth-order valence-corrected chi connectivity index (χ4v) is 1.68. The SMILES string of the molecule is Cc1nc(-c2cccc(C#N)c2)n(O)c1C(=O)O. The number of aryl methyl sites for hydroxylation is 1. The van der Waals surface area contributed by atoms with Gasteiger partial charge in [-0.05, 0) is 19.1 Å². The summed E-state index contributed by atoms with van der Waals surface area (Å²) in [6, 6.07) is 8.38. The number of rotatable bonds is 2. The fraction of sp³-hybridized carbons (Fsp3) is 0.0833. The topological polar surface area (TPSA) is 99.1 Å². The number of imidazole rings is 1. The van der Waals surface area contributed by atoms with E-state index in [1.165, 1.54) is 13.0 Å². The Morgan fingerprint density at radius 1 is 1.50 bits per heavy atom. The van der Waals surface area contributed by atoms with Gasteiger partial charge in [-0.15, -0.1) is 0 Å². The van der Waals surface area contributed by atoms with Gasteiger partial charge in [0.2, 0.25) is 0 Å². The molecule has 2 rings (SSSR count). The van der Waals surface area contributed by atoms with Crippen LogP contribution in [0.4, 0.5) is 0 Å². The molecule has 0 unspecified atom stereocenters. The number of carbonyl (C=O) groups is 1. The molecule has 18 heavy (non-hydrogen) atoms. The first kappa shape index (κ1) is 11.7. The molecule has 1 aromatic heterocycles. The van der Waals surface area contributed by atoms with E-state index in [1.807, 2.05) is 6.07 Å². The summed E-state index contributed by atoms with van der Waals surface area (Å²) in [6.07, 6.45) is 0. The van der Waals surface area contributed by atoms with Gasteiger partial charge in [-0.2, -0.15) is 9.99 Å². The molecule has 2 N–H and O–H groups in total. The maximum atomic E-state index is 10.9. The Bertz CT molecular complexity index is 668. The van der Waals surface area contributed by atoms with Gasteiger partial charge in [-0.1, -0.05) is 12.1 Å². The first-order chi connectivity index (χ1) is 8.54. The zero-order valence-electron chi connectivity index (χ0n) is 9.45. The van der Waals surface area contributed by atoms with E-state index in [0.29, 0.717) is 15.9 Å². The van der Waals surface area contributed by atoms with Crippen LogP contribution in [-0.2, 0) is 0 Å². The van der Waals surface area contributed by atoms with E-state index >= 15 is 0 Å². The van der Waals surface area contributed by atoms with Crippen molar-refractivity contribution < 1.29 is 15.1 Å². The van der Waals surface area contributed by atoms with E-state index in [0.717, 1.165) is 0 Å². The van der Waals surface area contributed by atoms with Crippen LogP contribution in [0.25, 0.3) is 11.4 Å². The van der Waals surface area contributed by atoms with Gasteiger partial charge in [-0.3, -0.25) is 0 Å². The van der Waals surface area contributed by atoms with Crippen LogP contribution in [0.5, 0.6) is 0 Å². The highest BCUT2D eigenvalue weighted by Crippen LogP contribution is 2.21. The molecule has 0 saturated carbocycles. The number of hydrogen-bond donors (Lipinski definition) is 2. The first-order valence-electron chi connectivity index (χ1n) is 5.07. The molecule has 6 heteroatoms. The van der Waals surface area contributed by atoms with E-state index < -0.39 is 5.97 Å². The lowest BCUT2D eigenvalue weighted by molar-refractivity contribution is 0.0645. The minimum absolute atomic E-state index is 0.0991. The molecule has 0 atom stereocenters. The zero-order valence-corrected chi connectivity index (χ0v) is 9.45. The molecule has 0 amide bonds. The third-order valence-electron chi connectivity index (χ3n) is 2.48. The van der Waals surface area contributed by atoms with Gasteiger partial charge in [0.15, 0.2) is 11.5 Å². The van der Waals surface area contributed by atoms with E-state index in [9.17, 15) is 10.0 Å². The van der Waals surface area contributed by atoms with E-state index in [1.54, 1.807) is 18.2 Å². The second-order valence-electron chi connectivity index (χ2n) is 3.68. The summed E-state index contributed by atoms with van der Waals surface area (Å²) < 4.78 is 0.522. The molecular weight excluding hydrogens is 234 g/mol. The van der Waals surface area contributed by atoms with Crippen molar-refractivity contribution in [1.29, 1.82) is 5.26 Å². The van der Waals surface area contributed by atoms with Crippen molar-refractivity contribution in [3.8, 4) is 17.5 Å². The summed E-state index contributed by atoms with van der Waals surface area (Å²) >= 11 is 0. The second kappa shape index (κ2) is 4.22. The molecule has 6 nitrogen and oxygen atoms in total. The molecule has 0 saturated heterocycles. The van der Waals surface area contributed by atoms with Crippen molar-refractivity contribution in [2.24, 2.45) is 0 Å². The smallest absolute Gasteiger partial charge is 0.357 e. The highest BCUT2D eigenvalue weighted by Gasteiger charge is 2.20. The number of carboxylic acid groups (broad SMARTS) is 1. The minimum Gasteiger partial charge on any atom is -0.476 e. The molecule has 1 aromatic carbocycles. The number of hydrogen-bond acceptors (Lipinski definition) is 4. The number of nitriles is 1. The Morgan fingerprint density at radius 2 is 2.22 bits per heavy atom.